The third-order valence-electron chi connectivity index (χ3n) is 4.73. The largest absolute Gasteiger partial charge is 0.398 e. The molecule has 0 spiro atoms. The number of piperazine rings is 1. The van der Waals surface area contributed by atoms with Gasteiger partial charge in [0.15, 0.2) is 0 Å². The summed E-state index contributed by atoms with van der Waals surface area (Å²) < 4.78 is 0. The molecule has 0 bridgehead atoms. The van der Waals surface area contributed by atoms with E-state index >= 15 is 0 Å². The molecule has 1 fully saturated rings. The molecule has 1 amide bonds. The molecule has 5 heteroatoms. The number of carbonyl (C=O) groups excluding carboxylic acids is 1. The molecule has 0 atom stereocenters. The number of amides is 1. The highest BCUT2D eigenvalue weighted by Gasteiger charge is 2.14. The van der Waals surface area contributed by atoms with Crippen molar-refractivity contribution in [1.82, 2.24) is 9.80 Å². The molecule has 0 unspecified atom stereocenters. The first-order valence-electron chi connectivity index (χ1n) is 8.68. The number of rotatable bonds is 4. The van der Waals surface area contributed by atoms with Crippen LogP contribution in [0, 0.1) is 6.92 Å². The number of anilines is 2. The minimum Gasteiger partial charge on any atom is -0.398 e. The Kier molecular flexibility index (Phi) is 5.36. The monoisotopic (exact) mass is 338 g/mol. The van der Waals surface area contributed by atoms with Crippen LogP contribution in [0.25, 0.3) is 0 Å². The second-order valence-electron chi connectivity index (χ2n) is 6.81. The fourth-order valence-electron chi connectivity index (χ4n) is 3.00. The van der Waals surface area contributed by atoms with Crippen molar-refractivity contribution in [3.05, 3.63) is 59.2 Å². The molecule has 3 N–H and O–H groups in total. The van der Waals surface area contributed by atoms with Gasteiger partial charge in [-0.3, -0.25) is 9.69 Å². The van der Waals surface area contributed by atoms with Crippen LogP contribution in [0.5, 0.6) is 0 Å². The Balaban J connectivity index is 1.65. The topological polar surface area (TPSA) is 61.6 Å². The van der Waals surface area contributed by atoms with Crippen LogP contribution in [0.3, 0.4) is 0 Å². The maximum atomic E-state index is 12.5. The van der Waals surface area contributed by atoms with E-state index in [1.165, 1.54) is 5.56 Å². The number of nitrogen functional groups attached to an aromatic ring is 1. The van der Waals surface area contributed by atoms with Gasteiger partial charge < -0.3 is 16.0 Å². The number of likely N-dealkylation sites (N-methyl/N-ethyl adjacent to an activating group) is 1. The summed E-state index contributed by atoms with van der Waals surface area (Å²) in [6.07, 6.45) is 0. The van der Waals surface area contributed by atoms with Crippen LogP contribution in [-0.4, -0.2) is 48.9 Å². The molecule has 1 saturated heterocycles. The number of nitrogens with one attached hydrogen (secondary N) is 1. The van der Waals surface area contributed by atoms with E-state index in [1.807, 2.05) is 37.3 Å². The summed E-state index contributed by atoms with van der Waals surface area (Å²) in [4.78, 5) is 17.3. The van der Waals surface area contributed by atoms with E-state index < -0.39 is 0 Å². The third-order valence-corrected chi connectivity index (χ3v) is 4.73. The Labute approximate surface area is 149 Å². The lowest BCUT2D eigenvalue weighted by Gasteiger charge is -2.32. The summed E-state index contributed by atoms with van der Waals surface area (Å²) in [7, 11) is 2.15. The third kappa shape index (κ3) is 4.59. The summed E-state index contributed by atoms with van der Waals surface area (Å²) in [5.41, 5.74) is 10.2. The number of benzene rings is 2. The van der Waals surface area contributed by atoms with Gasteiger partial charge in [0.2, 0.25) is 0 Å². The highest BCUT2D eigenvalue weighted by Crippen LogP contribution is 2.18. The SMILES string of the molecule is Cc1ccc(NC(=O)c2cccc(CN3CCN(C)CC3)c2)cc1N. The molecule has 0 aromatic heterocycles. The normalized spacial score (nSPS) is 15.9. The van der Waals surface area contributed by atoms with Gasteiger partial charge in [0, 0.05) is 49.7 Å². The minimum atomic E-state index is -0.108. The van der Waals surface area contributed by atoms with E-state index in [1.54, 1.807) is 6.07 Å². The second-order valence-corrected chi connectivity index (χ2v) is 6.81. The fraction of sp³-hybridized carbons (Fsp3) is 0.350. The number of hydrogen-bond donors (Lipinski definition) is 2. The average Bonchev–Trinajstić information content (AvgIpc) is 2.60. The summed E-state index contributed by atoms with van der Waals surface area (Å²) in [6.45, 7) is 7.14. The van der Waals surface area contributed by atoms with Gasteiger partial charge in [-0.05, 0) is 49.4 Å². The molecule has 0 aliphatic carbocycles. The Morgan fingerprint density at radius 2 is 1.88 bits per heavy atom. The van der Waals surface area contributed by atoms with Crippen LogP contribution in [0.15, 0.2) is 42.5 Å². The first-order chi connectivity index (χ1) is 12.0. The Bertz CT molecular complexity index is 751. The molecule has 1 aliphatic heterocycles. The molecular formula is C20H26N4O. The first kappa shape index (κ1) is 17.5. The van der Waals surface area contributed by atoms with E-state index in [0.29, 0.717) is 11.3 Å². The summed E-state index contributed by atoms with van der Waals surface area (Å²) in [5, 5.41) is 2.92. The van der Waals surface area contributed by atoms with Gasteiger partial charge in [-0.25, -0.2) is 0 Å². The molecule has 3 rings (SSSR count). The van der Waals surface area contributed by atoms with Gasteiger partial charge in [0.1, 0.15) is 0 Å². The zero-order valence-electron chi connectivity index (χ0n) is 15.0. The molecule has 5 nitrogen and oxygen atoms in total. The van der Waals surface area contributed by atoms with E-state index in [-0.39, 0.29) is 5.91 Å². The molecule has 1 heterocycles. The van der Waals surface area contributed by atoms with E-state index in [4.69, 9.17) is 5.73 Å². The van der Waals surface area contributed by atoms with Crippen LogP contribution in [0.2, 0.25) is 0 Å². The summed E-state index contributed by atoms with van der Waals surface area (Å²) in [6, 6.07) is 13.4. The smallest absolute Gasteiger partial charge is 0.255 e. The number of hydrogen-bond acceptors (Lipinski definition) is 4. The van der Waals surface area contributed by atoms with Crippen LogP contribution in [0.4, 0.5) is 11.4 Å². The van der Waals surface area contributed by atoms with Crippen molar-refractivity contribution >= 4 is 17.3 Å². The number of carbonyl (C=O) groups is 1. The lowest BCUT2D eigenvalue weighted by atomic mass is 10.1. The van der Waals surface area contributed by atoms with Crippen LogP contribution < -0.4 is 11.1 Å². The van der Waals surface area contributed by atoms with Crippen molar-refractivity contribution in [2.75, 3.05) is 44.3 Å². The van der Waals surface area contributed by atoms with E-state index in [9.17, 15) is 4.79 Å². The van der Waals surface area contributed by atoms with Crippen molar-refractivity contribution in [3.8, 4) is 0 Å². The van der Waals surface area contributed by atoms with Crippen LogP contribution in [-0.2, 0) is 6.54 Å². The van der Waals surface area contributed by atoms with Crippen molar-refractivity contribution in [1.29, 1.82) is 0 Å². The van der Waals surface area contributed by atoms with Crippen molar-refractivity contribution in [3.63, 3.8) is 0 Å². The summed E-state index contributed by atoms with van der Waals surface area (Å²) in [5.74, 6) is -0.108. The maximum Gasteiger partial charge on any atom is 0.255 e. The van der Waals surface area contributed by atoms with Gasteiger partial charge in [-0.15, -0.1) is 0 Å². The van der Waals surface area contributed by atoms with Crippen molar-refractivity contribution in [2.45, 2.75) is 13.5 Å². The van der Waals surface area contributed by atoms with Gasteiger partial charge in [0.25, 0.3) is 5.91 Å². The fourth-order valence-corrected chi connectivity index (χ4v) is 3.00. The standard InChI is InChI=1S/C20H26N4O/c1-15-6-7-18(13-19(15)21)22-20(25)17-5-3-4-16(12-17)14-24-10-8-23(2)9-11-24/h3-7,12-13H,8-11,14,21H2,1-2H3,(H,22,25). The van der Waals surface area contributed by atoms with Crippen molar-refractivity contribution in [2.24, 2.45) is 0 Å². The maximum absolute atomic E-state index is 12.5. The minimum absolute atomic E-state index is 0.108. The second kappa shape index (κ2) is 7.68. The highest BCUT2D eigenvalue weighted by molar-refractivity contribution is 6.04. The quantitative estimate of drug-likeness (QED) is 0.841. The molecule has 0 saturated carbocycles. The Morgan fingerprint density at radius 1 is 1.12 bits per heavy atom. The van der Waals surface area contributed by atoms with Crippen molar-refractivity contribution < 1.29 is 4.79 Å². The predicted octanol–water partition coefficient (Wildman–Crippen LogP) is 2.58. The predicted molar refractivity (Wildman–Crippen MR) is 103 cm³/mol. The van der Waals surface area contributed by atoms with Gasteiger partial charge in [-0.2, -0.15) is 0 Å². The zero-order chi connectivity index (χ0) is 17.8. The van der Waals surface area contributed by atoms with E-state index in [2.05, 4.69) is 28.2 Å². The number of aryl methyl sites for hydroxylation is 1. The highest BCUT2D eigenvalue weighted by atomic mass is 16.1. The average molecular weight is 338 g/mol. The number of nitrogens with two attached hydrogens (primary N) is 1. The molecule has 0 radical (unpaired) electrons. The number of nitrogens with zero attached hydrogens (tertiary/aromatic N) is 2. The zero-order valence-corrected chi connectivity index (χ0v) is 15.0. The Hall–Kier alpha value is -2.37. The van der Waals surface area contributed by atoms with Crippen LogP contribution >= 0.6 is 0 Å². The molecule has 25 heavy (non-hydrogen) atoms. The van der Waals surface area contributed by atoms with Gasteiger partial charge >= 0.3 is 0 Å². The van der Waals surface area contributed by atoms with Crippen LogP contribution in [0.1, 0.15) is 21.5 Å². The Morgan fingerprint density at radius 3 is 2.60 bits per heavy atom. The molecule has 132 valence electrons. The van der Waals surface area contributed by atoms with Gasteiger partial charge in [0.05, 0.1) is 0 Å². The van der Waals surface area contributed by atoms with Gasteiger partial charge in [-0.1, -0.05) is 18.2 Å². The molecular weight excluding hydrogens is 312 g/mol. The molecule has 1 aliphatic rings. The lowest BCUT2D eigenvalue weighted by molar-refractivity contribution is 0.102. The summed E-state index contributed by atoms with van der Waals surface area (Å²) >= 11 is 0. The lowest BCUT2D eigenvalue weighted by Crippen LogP contribution is -2.43. The molecule has 2 aromatic carbocycles. The first-order valence-corrected chi connectivity index (χ1v) is 8.68. The van der Waals surface area contributed by atoms with E-state index in [0.717, 1.165) is 44.0 Å². The molecule has 2 aromatic rings.